The van der Waals surface area contributed by atoms with Gasteiger partial charge in [0.05, 0.1) is 35.2 Å². The van der Waals surface area contributed by atoms with Crippen molar-refractivity contribution in [2.24, 2.45) is 5.92 Å². The average Bonchev–Trinajstić information content (AvgIpc) is 2.65. The third-order valence-corrected chi connectivity index (χ3v) is 4.75. The fourth-order valence-corrected chi connectivity index (χ4v) is 3.46. The number of carbonyl (C=O) groups is 1. The molecule has 0 aromatic carbocycles. The normalized spacial score (nSPS) is 14.2. The van der Waals surface area contributed by atoms with Gasteiger partial charge in [0.1, 0.15) is 0 Å². The third kappa shape index (κ3) is 4.04. The van der Waals surface area contributed by atoms with Gasteiger partial charge in [-0.25, -0.2) is 0 Å². The monoisotopic (exact) mass is 306 g/mol. The van der Waals surface area contributed by atoms with E-state index in [1.54, 1.807) is 11.6 Å². The molecule has 2 atom stereocenters. The van der Waals surface area contributed by atoms with Crippen molar-refractivity contribution < 1.29 is 13.7 Å². The van der Waals surface area contributed by atoms with Crippen molar-refractivity contribution in [1.82, 2.24) is 9.78 Å². The minimum atomic E-state index is -1.18. The molecule has 19 heavy (non-hydrogen) atoms. The second-order valence-electron chi connectivity index (χ2n) is 4.34. The number of hydrogen-bond acceptors (Lipinski definition) is 4. The molecule has 1 aromatic heterocycles. The van der Waals surface area contributed by atoms with Crippen LogP contribution in [0.4, 0.5) is 0 Å². The van der Waals surface area contributed by atoms with Gasteiger partial charge in [0.15, 0.2) is 0 Å². The maximum absolute atomic E-state index is 12.1. The standard InChI is InChI=1S/C12H19ClN2O3S/c1-5-15-10(11(13)9(3)14-15)7-19(17)6-8(2)12(16)18-4/h8H,5-7H2,1-4H3. The smallest absolute Gasteiger partial charge is 0.309 e. The predicted molar refractivity (Wildman–Crippen MR) is 75.5 cm³/mol. The number of carbonyl (C=O) groups excluding carboxylic acids is 1. The Labute approximate surface area is 120 Å². The number of esters is 1. The van der Waals surface area contributed by atoms with Gasteiger partial charge in [-0.1, -0.05) is 18.5 Å². The first-order valence-corrected chi connectivity index (χ1v) is 7.91. The summed E-state index contributed by atoms with van der Waals surface area (Å²) in [7, 11) is 0.149. The summed E-state index contributed by atoms with van der Waals surface area (Å²) in [6, 6.07) is 0. The second-order valence-corrected chi connectivity index (χ2v) is 6.22. The lowest BCUT2D eigenvalue weighted by atomic mass is 10.2. The highest BCUT2D eigenvalue weighted by Crippen LogP contribution is 2.22. The Hall–Kier alpha value is -0.880. The number of aromatic nitrogens is 2. The van der Waals surface area contributed by atoms with E-state index in [-0.39, 0.29) is 17.6 Å². The highest BCUT2D eigenvalue weighted by molar-refractivity contribution is 7.84. The molecule has 1 heterocycles. The molecule has 0 N–H and O–H groups in total. The van der Waals surface area contributed by atoms with E-state index in [4.69, 9.17) is 11.6 Å². The number of halogens is 1. The molecule has 0 saturated heterocycles. The molecular formula is C12H19ClN2O3S. The van der Waals surface area contributed by atoms with E-state index >= 15 is 0 Å². The van der Waals surface area contributed by atoms with Crippen LogP contribution in [0.15, 0.2) is 0 Å². The second kappa shape index (κ2) is 7.05. The molecule has 0 amide bonds. The van der Waals surface area contributed by atoms with Crippen LogP contribution < -0.4 is 0 Å². The summed E-state index contributed by atoms with van der Waals surface area (Å²) in [4.78, 5) is 11.3. The Morgan fingerprint density at radius 2 is 2.21 bits per heavy atom. The van der Waals surface area contributed by atoms with Gasteiger partial charge in [0, 0.05) is 23.1 Å². The zero-order valence-electron chi connectivity index (χ0n) is 11.6. The van der Waals surface area contributed by atoms with Crippen molar-refractivity contribution >= 4 is 28.4 Å². The molecule has 0 aliphatic heterocycles. The van der Waals surface area contributed by atoms with Gasteiger partial charge < -0.3 is 4.74 Å². The highest BCUT2D eigenvalue weighted by atomic mass is 35.5. The van der Waals surface area contributed by atoms with Crippen molar-refractivity contribution in [3.05, 3.63) is 16.4 Å². The van der Waals surface area contributed by atoms with Crippen molar-refractivity contribution in [1.29, 1.82) is 0 Å². The van der Waals surface area contributed by atoms with Gasteiger partial charge in [-0.3, -0.25) is 13.7 Å². The number of nitrogens with zero attached hydrogens (tertiary/aromatic N) is 2. The summed E-state index contributed by atoms with van der Waals surface area (Å²) in [5, 5.41) is 4.83. The Morgan fingerprint density at radius 1 is 1.58 bits per heavy atom. The summed E-state index contributed by atoms with van der Waals surface area (Å²) in [6.45, 7) is 6.14. The maximum atomic E-state index is 12.1. The Kier molecular flexibility index (Phi) is 6.00. The number of methoxy groups -OCH3 is 1. The van der Waals surface area contributed by atoms with Gasteiger partial charge >= 0.3 is 5.97 Å². The Bertz CT molecular complexity index is 488. The van der Waals surface area contributed by atoms with Crippen LogP contribution in [0.3, 0.4) is 0 Å². The summed E-state index contributed by atoms with van der Waals surface area (Å²) < 4.78 is 18.4. The van der Waals surface area contributed by atoms with Crippen molar-refractivity contribution in [3.63, 3.8) is 0 Å². The minimum absolute atomic E-state index is 0.261. The minimum Gasteiger partial charge on any atom is -0.469 e. The molecule has 0 saturated carbocycles. The van der Waals surface area contributed by atoms with E-state index in [0.717, 1.165) is 11.4 Å². The summed E-state index contributed by atoms with van der Waals surface area (Å²) >= 11 is 6.15. The fourth-order valence-electron chi connectivity index (χ4n) is 1.77. The van der Waals surface area contributed by atoms with Crippen molar-refractivity contribution in [2.75, 3.05) is 12.9 Å². The van der Waals surface area contributed by atoms with Gasteiger partial charge in [-0.2, -0.15) is 5.10 Å². The van der Waals surface area contributed by atoms with Crippen LogP contribution in [-0.4, -0.2) is 32.8 Å². The third-order valence-electron chi connectivity index (χ3n) is 2.79. The van der Waals surface area contributed by atoms with Crippen LogP contribution in [0.1, 0.15) is 25.2 Å². The largest absolute Gasteiger partial charge is 0.469 e. The fraction of sp³-hybridized carbons (Fsp3) is 0.667. The quantitative estimate of drug-likeness (QED) is 0.753. The SMILES string of the molecule is CCn1nc(C)c(Cl)c1CS(=O)CC(C)C(=O)OC. The molecule has 2 unspecified atom stereocenters. The summed E-state index contributed by atoms with van der Waals surface area (Å²) in [6.07, 6.45) is 0. The zero-order chi connectivity index (χ0) is 14.6. The van der Waals surface area contributed by atoms with E-state index in [1.165, 1.54) is 7.11 Å². The lowest BCUT2D eigenvalue weighted by Crippen LogP contribution is -2.20. The van der Waals surface area contributed by atoms with Crippen LogP contribution in [0.25, 0.3) is 0 Å². The molecule has 1 rings (SSSR count). The van der Waals surface area contributed by atoms with Crippen LogP contribution in [0.5, 0.6) is 0 Å². The molecule has 1 aromatic rings. The molecule has 0 radical (unpaired) electrons. The lowest BCUT2D eigenvalue weighted by molar-refractivity contribution is -0.144. The first kappa shape index (κ1) is 16.2. The molecule has 0 aliphatic carbocycles. The molecule has 108 valence electrons. The number of aryl methyl sites for hydroxylation is 2. The highest BCUT2D eigenvalue weighted by Gasteiger charge is 2.20. The van der Waals surface area contributed by atoms with Crippen LogP contribution in [0.2, 0.25) is 5.02 Å². The van der Waals surface area contributed by atoms with E-state index in [9.17, 15) is 9.00 Å². The van der Waals surface area contributed by atoms with Gasteiger partial charge in [0.2, 0.25) is 0 Å². The molecule has 0 bridgehead atoms. The van der Waals surface area contributed by atoms with Crippen molar-refractivity contribution in [3.8, 4) is 0 Å². The maximum Gasteiger partial charge on any atom is 0.309 e. The van der Waals surface area contributed by atoms with Crippen LogP contribution in [0, 0.1) is 12.8 Å². The zero-order valence-corrected chi connectivity index (χ0v) is 13.2. The molecule has 0 fully saturated rings. The first-order valence-electron chi connectivity index (χ1n) is 6.05. The first-order chi connectivity index (χ1) is 8.90. The van der Waals surface area contributed by atoms with Gasteiger partial charge in [-0.15, -0.1) is 0 Å². The summed E-state index contributed by atoms with van der Waals surface area (Å²) in [5.41, 5.74) is 1.49. The molecule has 7 heteroatoms. The number of rotatable bonds is 6. The lowest BCUT2D eigenvalue weighted by Gasteiger charge is -2.09. The van der Waals surface area contributed by atoms with E-state index in [2.05, 4.69) is 9.84 Å². The molecular weight excluding hydrogens is 288 g/mol. The molecule has 0 aliphatic rings. The van der Waals surface area contributed by atoms with Crippen molar-refractivity contribution in [2.45, 2.75) is 33.1 Å². The van der Waals surface area contributed by atoms with Crippen LogP contribution >= 0.6 is 11.6 Å². The summed E-state index contributed by atoms with van der Waals surface area (Å²) in [5.74, 6) is -0.172. The number of hydrogen-bond donors (Lipinski definition) is 0. The Balaban J connectivity index is 2.75. The van der Waals surface area contributed by atoms with Crippen LogP contribution in [-0.2, 0) is 32.6 Å². The van der Waals surface area contributed by atoms with E-state index in [0.29, 0.717) is 17.3 Å². The molecule has 0 spiro atoms. The van der Waals surface area contributed by atoms with E-state index in [1.807, 2.05) is 13.8 Å². The topological polar surface area (TPSA) is 61.2 Å². The average molecular weight is 307 g/mol. The number of ether oxygens (including phenoxy) is 1. The predicted octanol–water partition coefficient (Wildman–Crippen LogP) is 1.92. The van der Waals surface area contributed by atoms with Gasteiger partial charge in [-0.05, 0) is 13.8 Å². The Morgan fingerprint density at radius 3 is 2.74 bits per heavy atom. The molecule has 5 nitrogen and oxygen atoms in total. The van der Waals surface area contributed by atoms with Gasteiger partial charge in [0.25, 0.3) is 0 Å². The van der Waals surface area contributed by atoms with E-state index < -0.39 is 10.8 Å².